The largest absolute Gasteiger partial charge is 0.496 e. The molecule has 0 fully saturated rings. The number of aliphatic hydroxyl groups is 1. The highest BCUT2D eigenvalue weighted by molar-refractivity contribution is 9.10. The molecule has 19 heavy (non-hydrogen) atoms. The molecule has 0 aliphatic carbocycles. The molecule has 0 amide bonds. The predicted molar refractivity (Wildman–Crippen MR) is 73.8 cm³/mol. The third-order valence-electron chi connectivity index (χ3n) is 2.30. The highest BCUT2D eigenvalue weighted by Crippen LogP contribution is 2.27. The van der Waals surface area contributed by atoms with Gasteiger partial charge in [-0.25, -0.2) is 13.1 Å². The van der Waals surface area contributed by atoms with Crippen molar-refractivity contribution >= 4 is 26.0 Å². The number of ether oxygens (including phenoxy) is 2. The van der Waals surface area contributed by atoms with E-state index in [4.69, 9.17) is 9.47 Å². The minimum Gasteiger partial charge on any atom is -0.496 e. The van der Waals surface area contributed by atoms with Gasteiger partial charge in [-0.05, 0) is 34.1 Å². The fourth-order valence-corrected chi connectivity index (χ4v) is 3.15. The van der Waals surface area contributed by atoms with Crippen molar-refractivity contribution in [3.63, 3.8) is 0 Å². The lowest BCUT2D eigenvalue weighted by molar-refractivity contribution is 0.0679. The maximum absolute atomic E-state index is 12.0. The van der Waals surface area contributed by atoms with E-state index < -0.39 is 16.1 Å². The van der Waals surface area contributed by atoms with Crippen LogP contribution in [0.2, 0.25) is 0 Å². The summed E-state index contributed by atoms with van der Waals surface area (Å²) < 4.78 is 36.5. The van der Waals surface area contributed by atoms with E-state index in [-0.39, 0.29) is 18.0 Å². The standard InChI is InChI=1S/C11H16BrNO5S/c1-17-7-8(14)6-13-19(15,16)9-3-4-11(18-2)10(12)5-9/h3-5,8,13-14H,6-7H2,1-2H3. The molecule has 0 aromatic heterocycles. The SMILES string of the molecule is COCC(O)CNS(=O)(=O)c1ccc(OC)c(Br)c1. The summed E-state index contributed by atoms with van der Waals surface area (Å²) >= 11 is 3.22. The van der Waals surface area contributed by atoms with Crippen LogP contribution in [0.4, 0.5) is 0 Å². The normalized spacial score (nSPS) is 13.3. The number of rotatable bonds is 7. The second-order valence-electron chi connectivity index (χ2n) is 3.76. The summed E-state index contributed by atoms with van der Waals surface area (Å²) in [6.45, 7) is -0.0470. The van der Waals surface area contributed by atoms with Gasteiger partial charge in [-0.1, -0.05) is 0 Å². The number of halogens is 1. The Hall–Kier alpha value is -0.670. The van der Waals surface area contributed by atoms with E-state index in [1.54, 1.807) is 6.07 Å². The predicted octanol–water partition coefficient (Wildman–Crippen LogP) is 0.743. The first-order chi connectivity index (χ1) is 8.90. The first-order valence-corrected chi connectivity index (χ1v) is 7.68. The summed E-state index contributed by atoms with van der Waals surface area (Å²) in [5.41, 5.74) is 0. The van der Waals surface area contributed by atoms with Crippen LogP contribution in [0.15, 0.2) is 27.6 Å². The lowest BCUT2D eigenvalue weighted by Crippen LogP contribution is -2.34. The number of nitrogens with one attached hydrogen (secondary N) is 1. The molecule has 0 spiro atoms. The molecule has 8 heteroatoms. The van der Waals surface area contributed by atoms with E-state index in [0.717, 1.165) is 0 Å². The van der Waals surface area contributed by atoms with Crippen molar-refractivity contribution in [3.8, 4) is 5.75 Å². The van der Waals surface area contributed by atoms with Gasteiger partial charge in [0.05, 0.1) is 29.2 Å². The minimum absolute atomic E-state index is 0.0643. The van der Waals surface area contributed by atoms with Crippen molar-refractivity contribution in [2.45, 2.75) is 11.0 Å². The number of methoxy groups -OCH3 is 2. The van der Waals surface area contributed by atoms with Gasteiger partial charge in [-0.15, -0.1) is 0 Å². The Morgan fingerprint density at radius 1 is 1.42 bits per heavy atom. The van der Waals surface area contributed by atoms with Crippen LogP contribution in [-0.2, 0) is 14.8 Å². The second-order valence-corrected chi connectivity index (χ2v) is 6.38. The number of sulfonamides is 1. The molecule has 2 N–H and O–H groups in total. The number of hydrogen-bond acceptors (Lipinski definition) is 5. The van der Waals surface area contributed by atoms with E-state index in [1.165, 1.54) is 26.4 Å². The lowest BCUT2D eigenvalue weighted by Gasteiger charge is -2.12. The topological polar surface area (TPSA) is 84.9 Å². The molecular formula is C11H16BrNO5S. The van der Waals surface area contributed by atoms with Crippen LogP contribution in [0.3, 0.4) is 0 Å². The van der Waals surface area contributed by atoms with Crippen molar-refractivity contribution in [1.29, 1.82) is 0 Å². The summed E-state index contributed by atoms with van der Waals surface area (Å²) in [5.74, 6) is 0.540. The molecular weight excluding hydrogens is 338 g/mol. The summed E-state index contributed by atoms with van der Waals surface area (Å²) in [6, 6.07) is 4.41. The Morgan fingerprint density at radius 2 is 2.11 bits per heavy atom. The molecule has 1 atom stereocenters. The highest BCUT2D eigenvalue weighted by atomic mass is 79.9. The molecule has 0 heterocycles. The molecule has 1 rings (SSSR count). The quantitative estimate of drug-likeness (QED) is 0.755. The molecule has 0 aliphatic heterocycles. The van der Waals surface area contributed by atoms with Crippen molar-refractivity contribution in [1.82, 2.24) is 4.72 Å². The van der Waals surface area contributed by atoms with Gasteiger partial charge in [0, 0.05) is 13.7 Å². The Kier molecular flexibility index (Phi) is 6.21. The molecule has 1 aromatic carbocycles. The van der Waals surface area contributed by atoms with Gasteiger partial charge in [0.15, 0.2) is 0 Å². The summed E-state index contributed by atoms with van der Waals surface area (Å²) in [7, 11) is -0.750. The van der Waals surface area contributed by atoms with E-state index in [1.807, 2.05) is 0 Å². The van der Waals surface area contributed by atoms with E-state index in [2.05, 4.69) is 20.7 Å². The van der Waals surface area contributed by atoms with E-state index in [9.17, 15) is 13.5 Å². The number of hydrogen-bond donors (Lipinski definition) is 2. The summed E-state index contributed by atoms with van der Waals surface area (Å²) in [4.78, 5) is 0.0878. The highest BCUT2D eigenvalue weighted by Gasteiger charge is 2.17. The van der Waals surface area contributed by atoms with Crippen molar-refractivity contribution in [2.24, 2.45) is 0 Å². The Morgan fingerprint density at radius 3 is 2.63 bits per heavy atom. The fraction of sp³-hybridized carbons (Fsp3) is 0.455. The Labute approximate surface area is 120 Å². The van der Waals surface area contributed by atoms with E-state index >= 15 is 0 Å². The average molecular weight is 354 g/mol. The van der Waals surface area contributed by atoms with Gasteiger partial charge in [0.25, 0.3) is 0 Å². The van der Waals surface area contributed by atoms with Crippen LogP contribution >= 0.6 is 15.9 Å². The Bertz CT molecular complexity index is 520. The zero-order valence-electron chi connectivity index (χ0n) is 10.6. The first-order valence-electron chi connectivity index (χ1n) is 5.41. The van der Waals surface area contributed by atoms with Gasteiger partial charge in [0.2, 0.25) is 10.0 Å². The molecule has 1 aromatic rings. The minimum atomic E-state index is -3.67. The van der Waals surface area contributed by atoms with Crippen molar-refractivity contribution in [2.75, 3.05) is 27.4 Å². The third-order valence-corrected chi connectivity index (χ3v) is 4.34. The van der Waals surface area contributed by atoms with Crippen LogP contribution in [0, 0.1) is 0 Å². The van der Waals surface area contributed by atoms with Gasteiger partial charge in [0.1, 0.15) is 5.75 Å². The van der Waals surface area contributed by atoms with E-state index in [0.29, 0.717) is 10.2 Å². The molecule has 0 bridgehead atoms. The van der Waals surface area contributed by atoms with Crippen LogP contribution in [0.5, 0.6) is 5.75 Å². The number of aliphatic hydroxyl groups excluding tert-OH is 1. The van der Waals surface area contributed by atoms with Crippen LogP contribution in [-0.4, -0.2) is 47.0 Å². The van der Waals surface area contributed by atoms with Crippen molar-refractivity contribution < 1.29 is 23.0 Å². The monoisotopic (exact) mass is 353 g/mol. The molecule has 0 aliphatic rings. The maximum Gasteiger partial charge on any atom is 0.240 e. The number of benzene rings is 1. The summed E-state index contributed by atoms with van der Waals surface area (Å²) in [6.07, 6.45) is -0.888. The third kappa shape index (κ3) is 4.73. The zero-order valence-corrected chi connectivity index (χ0v) is 13.0. The van der Waals surface area contributed by atoms with Crippen molar-refractivity contribution in [3.05, 3.63) is 22.7 Å². The average Bonchev–Trinajstić information content (AvgIpc) is 2.37. The smallest absolute Gasteiger partial charge is 0.240 e. The second kappa shape index (κ2) is 7.20. The van der Waals surface area contributed by atoms with Crippen LogP contribution in [0.25, 0.3) is 0 Å². The van der Waals surface area contributed by atoms with Gasteiger partial charge < -0.3 is 14.6 Å². The lowest BCUT2D eigenvalue weighted by atomic mass is 10.3. The summed E-state index contributed by atoms with van der Waals surface area (Å²) in [5, 5.41) is 9.41. The molecule has 108 valence electrons. The zero-order chi connectivity index (χ0) is 14.5. The first kappa shape index (κ1) is 16.4. The van der Waals surface area contributed by atoms with Gasteiger partial charge in [-0.2, -0.15) is 0 Å². The Balaban J connectivity index is 2.80. The van der Waals surface area contributed by atoms with Crippen LogP contribution in [0.1, 0.15) is 0 Å². The molecule has 0 saturated heterocycles. The van der Waals surface area contributed by atoms with Gasteiger partial charge in [-0.3, -0.25) is 0 Å². The van der Waals surface area contributed by atoms with Crippen LogP contribution < -0.4 is 9.46 Å². The molecule has 6 nitrogen and oxygen atoms in total. The fourth-order valence-electron chi connectivity index (χ4n) is 1.35. The maximum atomic E-state index is 12.0. The van der Waals surface area contributed by atoms with Gasteiger partial charge >= 0.3 is 0 Å². The molecule has 0 saturated carbocycles. The molecule has 1 unspecified atom stereocenters. The molecule has 0 radical (unpaired) electrons.